The maximum atomic E-state index is 11.9. The van der Waals surface area contributed by atoms with E-state index in [0.717, 1.165) is 12.8 Å². The Balaban J connectivity index is 2.50. The van der Waals surface area contributed by atoms with E-state index in [1.54, 1.807) is 6.92 Å². The second kappa shape index (κ2) is 5.85. The molecule has 0 aromatic heterocycles. The normalized spacial score (nSPS) is 21.9. The number of carbonyl (C=O) groups excluding carboxylic acids is 1. The molecule has 17 heavy (non-hydrogen) atoms. The van der Waals surface area contributed by atoms with Gasteiger partial charge in [0.15, 0.2) is 0 Å². The molecule has 0 saturated heterocycles. The summed E-state index contributed by atoms with van der Waals surface area (Å²) in [7, 11) is 0. The van der Waals surface area contributed by atoms with Gasteiger partial charge in [-0.25, -0.2) is 0 Å². The van der Waals surface area contributed by atoms with Crippen LogP contribution in [0.15, 0.2) is 0 Å². The van der Waals surface area contributed by atoms with Crippen molar-refractivity contribution in [3.8, 4) is 0 Å². The summed E-state index contributed by atoms with van der Waals surface area (Å²) in [4.78, 5) is 11.9. The molecule has 0 bridgehead atoms. The van der Waals surface area contributed by atoms with Gasteiger partial charge in [-0.05, 0) is 46.5 Å². The van der Waals surface area contributed by atoms with Gasteiger partial charge in [0.25, 0.3) is 0 Å². The van der Waals surface area contributed by atoms with Crippen LogP contribution in [0.1, 0.15) is 59.8 Å². The minimum absolute atomic E-state index is 0.270. The molecule has 2 atom stereocenters. The fourth-order valence-corrected chi connectivity index (χ4v) is 2.42. The molecule has 0 amide bonds. The van der Waals surface area contributed by atoms with Crippen LogP contribution in [-0.2, 0) is 9.53 Å². The Hall–Kier alpha value is -0.570. The molecule has 0 heterocycles. The standard InChI is InChI=1S/C14H26O3/c1-10(13(16)17-14(2,3)4)12(15)11-8-6-5-7-9-11/h10-12,15H,5-9H2,1-4H3/t10-,12+/m1/s1. The van der Waals surface area contributed by atoms with E-state index >= 15 is 0 Å². The summed E-state index contributed by atoms with van der Waals surface area (Å²) in [6.07, 6.45) is 5.11. The lowest BCUT2D eigenvalue weighted by Crippen LogP contribution is -2.37. The van der Waals surface area contributed by atoms with Crippen LogP contribution in [0.25, 0.3) is 0 Å². The molecule has 3 nitrogen and oxygen atoms in total. The average Bonchev–Trinajstić information content (AvgIpc) is 2.26. The van der Waals surface area contributed by atoms with E-state index in [0.29, 0.717) is 0 Å². The van der Waals surface area contributed by atoms with E-state index in [-0.39, 0.29) is 11.9 Å². The van der Waals surface area contributed by atoms with Crippen molar-refractivity contribution in [3.63, 3.8) is 0 Å². The van der Waals surface area contributed by atoms with E-state index in [1.165, 1.54) is 19.3 Å². The van der Waals surface area contributed by atoms with Crippen LogP contribution in [0, 0.1) is 11.8 Å². The summed E-state index contributed by atoms with van der Waals surface area (Å²) in [5, 5.41) is 10.2. The topological polar surface area (TPSA) is 46.5 Å². The Morgan fingerprint density at radius 1 is 1.24 bits per heavy atom. The third kappa shape index (κ3) is 4.66. The molecule has 0 unspecified atom stereocenters. The summed E-state index contributed by atoms with van der Waals surface area (Å²) in [6, 6.07) is 0. The summed E-state index contributed by atoms with van der Waals surface area (Å²) in [6.45, 7) is 7.33. The zero-order valence-electron chi connectivity index (χ0n) is 11.5. The first kappa shape index (κ1) is 14.5. The van der Waals surface area contributed by atoms with Crippen molar-refractivity contribution in [3.05, 3.63) is 0 Å². The van der Waals surface area contributed by atoms with Crippen molar-refractivity contribution >= 4 is 5.97 Å². The number of esters is 1. The molecule has 100 valence electrons. The quantitative estimate of drug-likeness (QED) is 0.774. The number of hydrogen-bond acceptors (Lipinski definition) is 3. The fraction of sp³-hybridized carbons (Fsp3) is 0.929. The minimum atomic E-state index is -0.551. The van der Waals surface area contributed by atoms with Gasteiger partial charge < -0.3 is 9.84 Å². The number of hydrogen-bond donors (Lipinski definition) is 1. The van der Waals surface area contributed by atoms with Crippen molar-refractivity contribution in [2.45, 2.75) is 71.5 Å². The van der Waals surface area contributed by atoms with Gasteiger partial charge in [-0.15, -0.1) is 0 Å². The second-order valence-electron chi connectivity index (χ2n) is 6.21. The van der Waals surface area contributed by atoms with Crippen LogP contribution < -0.4 is 0 Å². The number of aliphatic hydroxyl groups is 1. The van der Waals surface area contributed by atoms with Crippen molar-refractivity contribution in [2.24, 2.45) is 11.8 Å². The molecular formula is C14H26O3. The van der Waals surface area contributed by atoms with Crippen LogP contribution in [0.3, 0.4) is 0 Å². The Kier molecular flexibility index (Phi) is 4.99. The minimum Gasteiger partial charge on any atom is -0.460 e. The summed E-state index contributed by atoms with van der Waals surface area (Å²) in [5.41, 5.74) is -0.475. The van der Waals surface area contributed by atoms with E-state index < -0.39 is 17.6 Å². The number of rotatable bonds is 3. The average molecular weight is 242 g/mol. The van der Waals surface area contributed by atoms with Gasteiger partial charge in [-0.1, -0.05) is 19.3 Å². The van der Waals surface area contributed by atoms with Gasteiger partial charge in [0.1, 0.15) is 5.60 Å². The molecule has 1 fully saturated rings. The highest BCUT2D eigenvalue weighted by Gasteiger charge is 2.32. The van der Waals surface area contributed by atoms with E-state index in [9.17, 15) is 9.90 Å². The molecule has 0 radical (unpaired) electrons. The highest BCUT2D eigenvalue weighted by molar-refractivity contribution is 5.73. The zero-order valence-corrected chi connectivity index (χ0v) is 11.5. The van der Waals surface area contributed by atoms with Crippen LogP contribution in [0.2, 0.25) is 0 Å². The second-order valence-corrected chi connectivity index (χ2v) is 6.21. The predicted octanol–water partition coefficient (Wildman–Crippen LogP) is 2.91. The Labute approximate surface area is 105 Å². The highest BCUT2D eigenvalue weighted by atomic mass is 16.6. The van der Waals surface area contributed by atoms with Gasteiger partial charge in [-0.2, -0.15) is 0 Å². The molecule has 0 spiro atoms. The summed E-state index contributed by atoms with van der Waals surface area (Å²) < 4.78 is 5.31. The first-order valence-electron chi connectivity index (χ1n) is 6.72. The Bertz CT molecular complexity index is 249. The maximum Gasteiger partial charge on any atom is 0.311 e. The van der Waals surface area contributed by atoms with Crippen molar-refractivity contribution in [1.29, 1.82) is 0 Å². The molecule has 0 aliphatic heterocycles. The van der Waals surface area contributed by atoms with Crippen LogP contribution in [0.4, 0.5) is 0 Å². The molecule has 1 rings (SSSR count). The molecular weight excluding hydrogens is 216 g/mol. The summed E-state index contributed by atoms with van der Waals surface area (Å²) in [5.74, 6) is -0.431. The zero-order chi connectivity index (χ0) is 13.1. The molecule has 1 aliphatic carbocycles. The number of aliphatic hydroxyl groups excluding tert-OH is 1. The lowest BCUT2D eigenvalue weighted by atomic mass is 9.81. The van der Waals surface area contributed by atoms with Gasteiger partial charge in [-0.3, -0.25) is 4.79 Å². The molecule has 1 saturated carbocycles. The van der Waals surface area contributed by atoms with E-state index in [1.807, 2.05) is 20.8 Å². The number of carbonyl (C=O) groups is 1. The molecule has 1 aliphatic rings. The van der Waals surface area contributed by atoms with Crippen molar-refractivity contribution < 1.29 is 14.6 Å². The number of ether oxygens (including phenoxy) is 1. The van der Waals surface area contributed by atoms with Crippen LogP contribution in [-0.4, -0.2) is 22.8 Å². The smallest absolute Gasteiger partial charge is 0.311 e. The molecule has 0 aromatic carbocycles. The van der Waals surface area contributed by atoms with Gasteiger partial charge in [0.2, 0.25) is 0 Å². The van der Waals surface area contributed by atoms with Gasteiger partial charge >= 0.3 is 5.97 Å². The highest BCUT2D eigenvalue weighted by Crippen LogP contribution is 2.30. The van der Waals surface area contributed by atoms with Gasteiger partial charge in [0, 0.05) is 0 Å². The largest absolute Gasteiger partial charge is 0.460 e. The van der Waals surface area contributed by atoms with Crippen LogP contribution >= 0.6 is 0 Å². The lowest BCUT2D eigenvalue weighted by Gasteiger charge is -2.31. The Morgan fingerprint density at radius 3 is 2.24 bits per heavy atom. The van der Waals surface area contributed by atoms with E-state index in [4.69, 9.17) is 4.74 Å². The van der Waals surface area contributed by atoms with Crippen molar-refractivity contribution in [1.82, 2.24) is 0 Å². The fourth-order valence-electron chi connectivity index (χ4n) is 2.42. The monoisotopic (exact) mass is 242 g/mol. The predicted molar refractivity (Wildman–Crippen MR) is 67.6 cm³/mol. The first-order chi connectivity index (χ1) is 7.81. The Morgan fingerprint density at radius 2 is 1.76 bits per heavy atom. The third-order valence-electron chi connectivity index (χ3n) is 3.42. The summed E-state index contributed by atoms with van der Waals surface area (Å²) >= 11 is 0. The lowest BCUT2D eigenvalue weighted by molar-refractivity contribution is -0.164. The van der Waals surface area contributed by atoms with Crippen molar-refractivity contribution in [2.75, 3.05) is 0 Å². The molecule has 1 N–H and O–H groups in total. The van der Waals surface area contributed by atoms with E-state index in [2.05, 4.69) is 0 Å². The first-order valence-corrected chi connectivity index (χ1v) is 6.72. The van der Waals surface area contributed by atoms with Gasteiger partial charge in [0.05, 0.1) is 12.0 Å². The SMILES string of the molecule is C[C@@H](C(=O)OC(C)(C)C)[C@H](O)C1CCCCC1. The van der Waals surface area contributed by atoms with Crippen LogP contribution in [0.5, 0.6) is 0 Å². The molecule has 3 heteroatoms. The molecule has 0 aromatic rings. The third-order valence-corrected chi connectivity index (χ3v) is 3.42. The maximum absolute atomic E-state index is 11.9.